The Balaban J connectivity index is 1.51. The lowest BCUT2D eigenvalue weighted by Gasteiger charge is -2.06. The predicted octanol–water partition coefficient (Wildman–Crippen LogP) is 4.32. The molecule has 4 rings (SSSR count). The molecule has 4 aromatic rings. The van der Waals surface area contributed by atoms with Gasteiger partial charge in [0.05, 0.1) is 22.9 Å². The summed E-state index contributed by atoms with van der Waals surface area (Å²) in [6.45, 7) is 3.30. The van der Waals surface area contributed by atoms with Crippen molar-refractivity contribution in [2.45, 2.75) is 20.0 Å². The van der Waals surface area contributed by atoms with Crippen LogP contribution in [0.15, 0.2) is 65.5 Å². The highest BCUT2D eigenvalue weighted by Gasteiger charge is 2.16. The van der Waals surface area contributed by atoms with Gasteiger partial charge in [-0.25, -0.2) is 0 Å². The molecule has 1 N–H and O–H groups in total. The molecule has 1 amide bonds. The number of halogens is 1. The second-order valence-corrected chi connectivity index (χ2v) is 7.05. The minimum absolute atomic E-state index is 0.265. The number of hydrogen-bond donors (Lipinski definition) is 1. The van der Waals surface area contributed by atoms with Crippen molar-refractivity contribution >= 4 is 38.3 Å². The summed E-state index contributed by atoms with van der Waals surface area (Å²) in [4.78, 5) is 12.5. The number of amides is 1. The molecule has 6 nitrogen and oxygen atoms in total. The minimum atomic E-state index is -0.265. The molecule has 2 heterocycles. The lowest BCUT2D eigenvalue weighted by atomic mass is 10.0. The molecule has 0 aliphatic rings. The summed E-state index contributed by atoms with van der Waals surface area (Å²) in [5.74, 6) is -0.265. The van der Waals surface area contributed by atoms with Crippen molar-refractivity contribution in [3.63, 3.8) is 0 Å². The van der Waals surface area contributed by atoms with Crippen LogP contribution in [-0.4, -0.2) is 25.5 Å². The number of hydrogen-bond acceptors (Lipinski definition) is 3. The van der Waals surface area contributed by atoms with Crippen LogP contribution in [-0.2, 0) is 13.1 Å². The Kier molecular flexibility index (Phi) is 4.77. The van der Waals surface area contributed by atoms with Crippen molar-refractivity contribution in [3.05, 3.63) is 76.8 Å². The number of aromatic nitrogens is 4. The Bertz CT molecular complexity index is 1110. The molecular weight excluding hydrogens is 406 g/mol. The molecule has 2 aromatic carbocycles. The average Bonchev–Trinajstić information content (AvgIpc) is 3.28. The lowest BCUT2D eigenvalue weighted by molar-refractivity contribution is 0.102. The molecule has 0 saturated carbocycles. The maximum atomic E-state index is 12.5. The molecule has 27 heavy (non-hydrogen) atoms. The van der Waals surface area contributed by atoms with Crippen LogP contribution in [0.1, 0.15) is 23.0 Å². The van der Waals surface area contributed by atoms with Crippen LogP contribution in [0.4, 0.5) is 5.69 Å². The zero-order valence-corrected chi connectivity index (χ0v) is 16.3. The topological polar surface area (TPSA) is 64.7 Å². The Morgan fingerprint density at radius 1 is 1.11 bits per heavy atom. The fraction of sp³-hybridized carbons (Fsp3) is 0.150. The van der Waals surface area contributed by atoms with E-state index in [-0.39, 0.29) is 5.91 Å². The van der Waals surface area contributed by atoms with Gasteiger partial charge in [-0.05, 0) is 39.2 Å². The normalized spacial score (nSPS) is 11.0. The first-order valence-corrected chi connectivity index (χ1v) is 9.46. The molecule has 0 spiro atoms. The molecule has 0 atom stereocenters. The standard InChI is InChI=1S/C20H18BrN5O/c1-2-25-13-18(21)19(24-25)20(27)23-16-10-22-26(12-16)11-15-8-5-7-14-6-3-4-9-17(14)15/h3-10,12-13H,2,11H2,1H3,(H,23,27). The highest BCUT2D eigenvalue weighted by molar-refractivity contribution is 9.10. The van der Waals surface area contributed by atoms with Crippen LogP contribution in [0, 0.1) is 0 Å². The fourth-order valence-electron chi connectivity index (χ4n) is 3.02. The highest BCUT2D eigenvalue weighted by Crippen LogP contribution is 2.20. The van der Waals surface area contributed by atoms with Crippen molar-refractivity contribution < 1.29 is 4.79 Å². The van der Waals surface area contributed by atoms with Crippen LogP contribution in [0.2, 0.25) is 0 Å². The van der Waals surface area contributed by atoms with Crippen LogP contribution in [0.5, 0.6) is 0 Å². The van der Waals surface area contributed by atoms with Crippen molar-refractivity contribution in [3.8, 4) is 0 Å². The third-order valence-corrected chi connectivity index (χ3v) is 4.94. The number of nitrogens with one attached hydrogen (secondary N) is 1. The first-order valence-electron chi connectivity index (χ1n) is 8.67. The zero-order chi connectivity index (χ0) is 18.8. The second-order valence-electron chi connectivity index (χ2n) is 6.20. The second kappa shape index (κ2) is 7.36. The zero-order valence-electron chi connectivity index (χ0n) is 14.8. The maximum Gasteiger partial charge on any atom is 0.277 e. The van der Waals surface area contributed by atoms with E-state index in [1.54, 1.807) is 17.1 Å². The summed E-state index contributed by atoms with van der Waals surface area (Å²) < 4.78 is 4.20. The summed E-state index contributed by atoms with van der Waals surface area (Å²) in [6.07, 6.45) is 5.26. The Morgan fingerprint density at radius 3 is 2.74 bits per heavy atom. The van der Waals surface area contributed by atoms with Gasteiger partial charge in [0.1, 0.15) is 0 Å². The van der Waals surface area contributed by atoms with Gasteiger partial charge < -0.3 is 5.32 Å². The molecule has 0 radical (unpaired) electrons. The smallest absolute Gasteiger partial charge is 0.277 e. The maximum absolute atomic E-state index is 12.5. The summed E-state index contributed by atoms with van der Waals surface area (Å²) >= 11 is 3.38. The number of carbonyl (C=O) groups excluding carboxylic acids is 1. The molecule has 0 aliphatic carbocycles. The summed E-state index contributed by atoms with van der Waals surface area (Å²) in [5.41, 5.74) is 2.18. The Labute approximate surface area is 164 Å². The molecule has 0 unspecified atom stereocenters. The van der Waals surface area contributed by atoms with E-state index < -0.39 is 0 Å². The van der Waals surface area contributed by atoms with Crippen molar-refractivity contribution in [1.82, 2.24) is 19.6 Å². The Hall–Kier alpha value is -2.93. The van der Waals surface area contributed by atoms with Gasteiger partial charge in [-0.2, -0.15) is 10.2 Å². The fourth-order valence-corrected chi connectivity index (χ4v) is 3.52. The van der Waals surface area contributed by atoms with Crippen molar-refractivity contribution in [2.75, 3.05) is 5.32 Å². The molecular formula is C20H18BrN5O. The van der Waals surface area contributed by atoms with Gasteiger partial charge in [0.15, 0.2) is 5.69 Å². The summed E-state index contributed by atoms with van der Waals surface area (Å²) in [5, 5.41) is 13.9. The number of anilines is 1. The third kappa shape index (κ3) is 3.64. The molecule has 0 bridgehead atoms. The third-order valence-electron chi connectivity index (χ3n) is 4.36. The van der Waals surface area contributed by atoms with Gasteiger partial charge in [-0.15, -0.1) is 0 Å². The predicted molar refractivity (Wildman–Crippen MR) is 109 cm³/mol. The van der Waals surface area contributed by atoms with Crippen LogP contribution < -0.4 is 5.32 Å². The van der Waals surface area contributed by atoms with E-state index in [1.165, 1.54) is 16.3 Å². The van der Waals surface area contributed by atoms with Gasteiger partial charge >= 0.3 is 0 Å². The molecule has 0 saturated heterocycles. The van der Waals surface area contributed by atoms with Crippen molar-refractivity contribution in [1.29, 1.82) is 0 Å². The van der Waals surface area contributed by atoms with E-state index in [2.05, 4.69) is 55.7 Å². The number of rotatable bonds is 5. The summed E-state index contributed by atoms with van der Waals surface area (Å²) in [7, 11) is 0. The monoisotopic (exact) mass is 423 g/mol. The van der Waals surface area contributed by atoms with E-state index in [0.29, 0.717) is 28.9 Å². The highest BCUT2D eigenvalue weighted by atomic mass is 79.9. The number of benzene rings is 2. The molecule has 2 aromatic heterocycles. The number of aryl methyl sites for hydroxylation is 1. The van der Waals surface area contributed by atoms with E-state index in [1.807, 2.05) is 36.0 Å². The van der Waals surface area contributed by atoms with Crippen LogP contribution in [0.25, 0.3) is 10.8 Å². The average molecular weight is 424 g/mol. The Morgan fingerprint density at radius 2 is 1.93 bits per heavy atom. The van der Waals surface area contributed by atoms with Gasteiger partial charge in [-0.3, -0.25) is 14.2 Å². The number of carbonyl (C=O) groups is 1. The van der Waals surface area contributed by atoms with Crippen LogP contribution >= 0.6 is 15.9 Å². The van der Waals surface area contributed by atoms with E-state index in [0.717, 1.165) is 0 Å². The molecule has 0 aliphatic heterocycles. The van der Waals surface area contributed by atoms with Gasteiger partial charge in [0.2, 0.25) is 0 Å². The van der Waals surface area contributed by atoms with Crippen molar-refractivity contribution in [2.24, 2.45) is 0 Å². The number of fused-ring (bicyclic) bond motifs is 1. The van der Waals surface area contributed by atoms with Gasteiger partial charge in [0.25, 0.3) is 5.91 Å². The molecule has 136 valence electrons. The van der Waals surface area contributed by atoms with E-state index in [9.17, 15) is 4.79 Å². The van der Waals surface area contributed by atoms with Gasteiger partial charge in [0, 0.05) is 18.9 Å². The first kappa shape index (κ1) is 17.5. The van der Waals surface area contributed by atoms with E-state index in [4.69, 9.17) is 0 Å². The summed E-state index contributed by atoms with van der Waals surface area (Å²) in [6, 6.07) is 14.5. The quantitative estimate of drug-likeness (QED) is 0.519. The molecule has 0 fully saturated rings. The first-order chi connectivity index (χ1) is 13.1. The van der Waals surface area contributed by atoms with E-state index >= 15 is 0 Å². The van der Waals surface area contributed by atoms with Crippen LogP contribution in [0.3, 0.4) is 0 Å². The SMILES string of the molecule is CCn1cc(Br)c(C(=O)Nc2cnn(Cc3cccc4ccccc34)c2)n1. The largest absolute Gasteiger partial charge is 0.318 e. The molecule has 7 heteroatoms. The lowest BCUT2D eigenvalue weighted by Crippen LogP contribution is -2.13. The minimum Gasteiger partial charge on any atom is -0.318 e. The van der Waals surface area contributed by atoms with Gasteiger partial charge in [-0.1, -0.05) is 42.5 Å². The number of nitrogens with zero attached hydrogens (tertiary/aromatic N) is 4.